The maximum atomic E-state index is 13.8. The number of hydrogen-bond donors (Lipinski definition) is 1. The molecule has 1 aliphatic rings. The van der Waals surface area contributed by atoms with Crippen LogP contribution in [0.2, 0.25) is 0 Å². The van der Waals surface area contributed by atoms with Crippen LogP contribution in [0.15, 0.2) is 78.9 Å². The highest BCUT2D eigenvalue weighted by molar-refractivity contribution is 6.07. The Kier molecular flexibility index (Phi) is 7.07. The lowest BCUT2D eigenvalue weighted by atomic mass is 9.99. The predicted molar refractivity (Wildman–Crippen MR) is 141 cm³/mol. The van der Waals surface area contributed by atoms with Gasteiger partial charge in [0.25, 0.3) is 5.91 Å². The van der Waals surface area contributed by atoms with Crippen molar-refractivity contribution in [1.82, 2.24) is 9.88 Å². The molecule has 37 heavy (non-hydrogen) atoms. The lowest BCUT2D eigenvalue weighted by Gasteiger charge is -2.39. The minimum atomic E-state index is -4.51. The van der Waals surface area contributed by atoms with Crippen molar-refractivity contribution in [1.29, 1.82) is 0 Å². The first kappa shape index (κ1) is 25.1. The molecular weight excluding hydrogens is 475 g/mol. The second-order valence-electron chi connectivity index (χ2n) is 9.79. The standard InChI is InChI=1S/C30H30F3N3O/c1-21-18-24-20-27(10-11-28(24)34-21)36(29(37)23-8-5-9-25(19-23)30(31,32)33)26-13-16-35(17-14-26)15-12-22-6-3-2-4-7-22/h2-11,18-20,26,34H,12-17H2,1H3. The number of H-pyrrole nitrogens is 1. The molecule has 4 aromatic rings. The average molecular weight is 506 g/mol. The molecule has 0 atom stereocenters. The van der Waals surface area contributed by atoms with Gasteiger partial charge in [0, 0.05) is 53.5 Å². The maximum absolute atomic E-state index is 13.8. The van der Waals surface area contributed by atoms with E-state index in [0.717, 1.165) is 67.6 Å². The van der Waals surface area contributed by atoms with Gasteiger partial charge < -0.3 is 14.8 Å². The number of nitrogens with zero attached hydrogens (tertiary/aromatic N) is 2. The first-order chi connectivity index (χ1) is 17.8. The molecule has 2 heterocycles. The summed E-state index contributed by atoms with van der Waals surface area (Å²) in [5.74, 6) is -0.402. The third-order valence-corrected chi connectivity index (χ3v) is 7.15. The fourth-order valence-electron chi connectivity index (χ4n) is 5.21. The van der Waals surface area contributed by atoms with Crippen molar-refractivity contribution in [2.75, 3.05) is 24.5 Å². The van der Waals surface area contributed by atoms with Crippen molar-refractivity contribution in [3.63, 3.8) is 0 Å². The number of hydrogen-bond acceptors (Lipinski definition) is 2. The highest BCUT2D eigenvalue weighted by Crippen LogP contribution is 2.32. The van der Waals surface area contributed by atoms with Gasteiger partial charge in [-0.25, -0.2) is 0 Å². The van der Waals surface area contributed by atoms with E-state index in [2.05, 4.69) is 22.0 Å². The maximum Gasteiger partial charge on any atom is 0.416 e. The number of carbonyl (C=O) groups excluding carboxylic acids is 1. The van der Waals surface area contributed by atoms with Gasteiger partial charge in [-0.1, -0.05) is 36.4 Å². The van der Waals surface area contributed by atoms with Gasteiger partial charge in [-0.05, 0) is 74.2 Å². The van der Waals surface area contributed by atoms with Crippen LogP contribution < -0.4 is 4.90 Å². The summed E-state index contributed by atoms with van der Waals surface area (Å²) in [6.07, 6.45) is -2.04. The number of aromatic amines is 1. The molecule has 1 fully saturated rings. The molecule has 0 radical (unpaired) electrons. The topological polar surface area (TPSA) is 39.3 Å². The van der Waals surface area contributed by atoms with E-state index in [1.54, 1.807) is 4.90 Å². The molecule has 0 spiro atoms. The largest absolute Gasteiger partial charge is 0.416 e. The first-order valence-electron chi connectivity index (χ1n) is 12.6. The van der Waals surface area contributed by atoms with Crippen molar-refractivity contribution in [2.45, 2.75) is 38.4 Å². The SMILES string of the molecule is Cc1cc2cc(N(C(=O)c3cccc(C(F)(F)F)c3)C3CCN(CCc4ccccc4)CC3)ccc2[nH]1. The van der Waals surface area contributed by atoms with Crippen molar-refractivity contribution >= 4 is 22.5 Å². The zero-order valence-corrected chi connectivity index (χ0v) is 20.8. The summed E-state index contributed by atoms with van der Waals surface area (Å²) in [6, 6.07) is 22.8. The van der Waals surface area contributed by atoms with Gasteiger partial charge in [0.2, 0.25) is 0 Å². The number of fused-ring (bicyclic) bond motifs is 1. The minimum absolute atomic E-state index is 0.0479. The Morgan fingerprint density at radius 1 is 0.973 bits per heavy atom. The lowest BCUT2D eigenvalue weighted by molar-refractivity contribution is -0.137. The van der Waals surface area contributed by atoms with E-state index in [1.807, 2.05) is 49.4 Å². The number of alkyl halides is 3. The van der Waals surface area contributed by atoms with Crippen LogP contribution in [-0.2, 0) is 12.6 Å². The molecule has 0 saturated carbocycles. The normalized spacial score (nSPS) is 15.2. The van der Waals surface area contributed by atoms with E-state index in [-0.39, 0.29) is 11.6 Å². The van der Waals surface area contributed by atoms with Crippen LogP contribution in [0, 0.1) is 6.92 Å². The Balaban J connectivity index is 1.39. The molecule has 4 nitrogen and oxygen atoms in total. The molecule has 3 aromatic carbocycles. The summed E-state index contributed by atoms with van der Waals surface area (Å²) >= 11 is 0. The van der Waals surface area contributed by atoms with Crippen LogP contribution in [0.5, 0.6) is 0 Å². The van der Waals surface area contributed by atoms with Crippen LogP contribution >= 0.6 is 0 Å². The number of piperidine rings is 1. The monoisotopic (exact) mass is 505 g/mol. The number of amides is 1. The van der Waals surface area contributed by atoms with Crippen molar-refractivity contribution in [3.8, 4) is 0 Å². The van der Waals surface area contributed by atoms with Crippen LogP contribution in [0.1, 0.15) is 40.0 Å². The van der Waals surface area contributed by atoms with Crippen LogP contribution in [0.25, 0.3) is 10.9 Å². The molecule has 5 rings (SSSR count). The van der Waals surface area contributed by atoms with Gasteiger partial charge in [0.15, 0.2) is 0 Å². The third-order valence-electron chi connectivity index (χ3n) is 7.15. The fourth-order valence-corrected chi connectivity index (χ4v) is 5.21. The zero-order valence-electron chi connectivity index (χ0n) is 20.8. The number of halogens is 3. The Labute approximate surface area is 214 Å². The van der Waals surface area contributed by atoms with Crippen molar-refractivity contribution in [3.05, 3.63) is 101 Å². The Hall–Kier alpha value is -3.58. The summed E-state index contributed by atoms with van der Waals surface area (Å²) in [6.45, 7) is 4.56. The Morgan fingerprint density at radius 3 is 2.46 bits per heavy atom. The number of likely N-dealkylation sites (tertiary alicyclic amines) is 1. The number of nitrogens with one attached hydrogen (secondary N) is 1. The predicted octanol–water partition coefficient (Wildman–Crippen LogP) is 6.85. The molecule has 1 amide bonds. The van der Waals surface area contributed by atoms with Gasteiger partial charge in [-0.2, -0.15) is 13.2 Å². The summed E-state index contributed by atoms with van der Waals surface area (Å²) < 4.78 is 40.2. The highest BCUT2D eigenvalue weighted by atomic mass is 19.4. The van der Waals surface area contributed by atoms with E-state index < -0.39 is 17.6 Å². The quantitative estimate of drug-likeness (QED) is 0.311. The fraction of sp³-hybridized carbons (Fsp3) is 0.300. The van der Waals surface area contributed by atoms with E-state index in [9.17, 15) is 18.0 Å². The van der Waals surface area contributed by atoms with Gasteiger partial charge in [0.1, 0.15) is 0 Å². The number of rotatable bonds is 6. The molecule has 1 aliphatic heterocycles. The van der Waals surface area contributed by atoms with Gasteiger partial charge in [-0.15, -0.1) is 0 Å². The summed E-state index contributed by atoms with van der Waals surface area (Å²) in [5, 5.41) is 0.970. The van der Waals surface area contributed by atoms with Crippen molar-refractivity contribution in [2.24, 2.45) is 0 Å². The number of anilines is 1. The number of aromatic nitrogens is 1. The summed E-state index contributed by atoms with van der Waals surface area (Å²) in [7, 11) is 0. The second-order valence-corrected chi connectivity index (χ2v) is 9.79. The van der Waals surface area contributed by atoms with Crippen LogP contribution in [0.4, 0.5) is 18.9 Å². The number of carbonyl (C=O) groups is 1. The van der Waals surface area contributed by atoms with Crippen LogP contribution in [0.3, 0.4) is 0 Å². The van der Waals surface area contributed by atoms with E-state index >= 15 is 0 Å². The molecule has 192 valence electrons. The lowest BCUT2D eigenvalue weighted by Crippen LogP contribution is -2.48. The Bertz CT molecular complexity index is 1370. The number of benzene rings is 3. The van der Waals surface area contributed by atoms with Gasteiger partial charge in [0.05, 0.1) is 5.56 Å². The second kappa shape index (κ2) is 10.4. The zero-order chi connectivity index (χ0) is 26.0. The van der Waals surface area contributed by atoms with Gasteiger partial charge >= 0.3 is 6.18 Å². The molecule has 0 unspecified atom stereocenters. The van der Waals surface area contributed by atoms with E-state index in [4.69, 9.17) is 0 Å². The van der Waals surface area contributed by atoms with E-state index in [0.29, 0.717) is 5.69 Å². The van der Waals surface area contributed by atoms with Crippen LogP contribution in [-0.4, -0.2) is 41.5 Å². The smallest absolute Gasteiger partial charge is 0.359 e. The minimum Gasteiger partial charge on any atom is -0.359 e. The molecule has 7 heteroatoms. The third kappa shape index (κ3) is 5.72. The highest BCUT2D eigenvalue weighted by Gasteiger charge is 2.33. The summed E-state index contributed by atoms with van der Waals surface area (Å²) in [5.41, 5.74) is 3.20. The first-order valence-corrected chi connectivity index (χ1v) is 12.6. The summed E-state index contributed by atoms with van der Waals surface area (Å²) in [4.78, 5) is 21.2. The van der Waals surface area contributed by atoms with Gasteiger partial charge in [-0.3, -0.25) is 4.79 Å². The Morgan fingerprint density at radius 2 is 1.73 bits per heavy atom. The molecule has 1 aromatic heterocycles. The number of aryl methyl sites for hydroxylation is 1. The molecule has 1 saturated heterocycles. The van der Waals surface area contributed by atoms with E-state index in [1.165, 1.54) is 17.7 Å². The molecular formula is C30H30F3N3O. The molecule has 0 aliphatic carbocycles. The molecule has 0 bridgehead atoms. The average Bonchev–Trinajstić information content (AvgIpc) is 3.28. The van der Waals surface area contributed by atoms with Crippen molar-refractivity contribution < 1.29 is 18.0 Å². The molecule has 1 N–H and O–H groups in total.